The van der Waals surface area contributed by atoms with Crippen molar-refractivity contribution in [1.29, 1.82) is 0 Å². The molecule has 1 aromatic heterocycles. The molecule has 0 bridgehead atoms. The molecule has 0 spiro atoms. The first-order valence-electron chi connectivity index (χ1n) is 6.75. The Morgan fingerprint density at radius 1 is 1.47 bits per heavy atom. The van der Waals surface area contributed by atoms with Crippen LogP contribution in [0.4, 0.5) is 5.82 Å². The number of hydrogen-bond donors (Lipinski definition) is 2. The number of likely N-dealkylation sites (N-methyl/N-ethyl adjacent to an activating group) is 1. The standard InChI is InChI=1S/C13H21N5O/c1-3-14-12-9-15-11(8-16-12)13(19)17-7-10-5-4-6-18(10)2/h8-10H,3-7H2,1-2H3,(H,14,16)(H,17,19). The lowest BCUT2D eigenvalue weighted by atomic mass is 10.2. The molecule has 1 fully saturated rings. The highest BCUT2D eigenvalue weighted by Crippen LogP contribution is 2.13. The lowest BCUT2D eigenvalue weighted by Gasteiger charge is -2.19. The molecule has 1 atom stereocenters. The number of carbonyl (C=O) groups excluding carboxylic acids is 1. The minimum atomic E-state index is -0.157. The first-order valence-corrected chi connectivity index (χ1v) is 6.75. The zero-order valence-electron chi connectivity index (χ0n) is 11.5. The summed E-state index contributed by atoms with van der Waals surface area (Å²) in [6.07, 6.45) is 5.43. The number of carbonyl (C=O) groups is 1. The van der Waals surface area contributed by atoms with Gasteiger partial charge in [-0.1, -0.05) is 0 Å². The van der Waals surface area contributed by atoms with Gasteiger partial charge in [0.05, 0.1) is 12.4 Å². The molecule has 1 saturated heterocycles. The molecule has 2 heterocycles. The fourth-order valence-electron chi connectivity index (χ4n) is 2.26. The molecule has 1 aliphatic heterocycles. The van der Waals surface area contributed by atoms with Crippen molar-refractivity contribution in [2.75, 3.05) is 32.0 Å². The monoisotopic (exact) mass is 263 g/mol. The van der Waals surface area contributed by atoms with E-state index >= 15 is 0 Å². The topological polar surface area (TPSA) is 70.2 Å². The molecule has 0 saturated carbocycles. The molecule has 2 rings (SSSR count). The number of amides is 1. The Morgan fingerprint density at radius 3 is 2.89 bits per heavy atom. The van der Waals surface area contributed by atoms with E-state index in [9.17, 15) is 4.79 Å². The number of aromatic nitrogens is 2. The molecule has 1 unspecified atom stereocenters. The van der Waals surface area contributed by atoms with Crippen molar-refractivity contribution >= 4 is 11.7 Å². The van der Waals surface area contributed by atoms with Crippen molar-refractivity contribution in [3.8, 4) is 0 Å². The van der Waals surface area contributed by atoms with Gasteiger partial charge < -0.3 is 15.5 Å². The Bertz CT molecular complexity index is 420. The third-order valence-corrected chi connectivity index (χ3v) is 3.41. The number of anilines is 1. The van der Waals surface area contributed by atoms with Gasteiger partial charge in [-0.25, -0.2) is 9.97 Å². The van der Waals surface area contributed by atoms with Crippen LogP contribution in [0.1, 0.15) is 30.3 Å². The number of nitrogens with zero attached hydrogens (tertiary/aromatic N) is 3. The molecule has 6 nitrogen and oxygen atoms in total. The molecule has 2 N–H and O–H groups in total. The van der Waals surface area contributed by atoms with Crippen LogP contribution < -0.4 is 10.6 Å². The summed E-state index contributed by atoms with van der Waals surface area (Å²) in [7, 11) is 2.09. The van der Waals surface area contributed by atoms with Crippen LogP contribution in [0.25, 0.3) is 0 Å². The van der Waals surface area contributed by atoms with Crippen LogP contribution in [-0.2, 0) is 0 Å². The van der Waals surface area contributed by atoms with Crippen molar-refractivity contribution in [2.45, 2.75) is 25.8 Å². The molecule has 0 radical (unpaired) electrons. The van der Waals surface area contributed by atoms with E-state index in [2.05, 4.69) is 32.5 Å². The van der Waals surface area contributed by atoms with E-state index < -0.39 is 0 Å². The molecule has 0 aliphatic carbocycles. The van der Waals surface area contributed by atoms with Gasteiger partial charge in [-0.2, -0.15) is 0 Å². The summed E-state index contributed by atoms with van der Waals surface area (Å²) in [6.45, 7) is 4.55. The normalized spacial score (nSPS) is 19.4. The van der Waals surface area contributed by atoms with Crippen molar-refractivity contribution in [1.82, 2.24) is 20.2 Å². The van der Waals surface area contributed by atoms with E-state index in [-0.39, 0.29) is 5.91 Å². The largest absolute Gasteiger partial charge is 0.369 e. The van der Waals surface area contributed by atoms with Crippen LogP contribution in [0, 0.1) is 0 Å². The van der Waals surface area contributed by atoms with E-state index in [0.717, 1.165) is 19.5 Å². The maximum absolute atomic E-state index is 11.9. The van der Waals surface area contributed by atoms with Gasteiger partial charge in [-0.15, -0.1) is 0 Å². The minimum absolute atomic E-state index is 0.157. The molecular formula is C13H21N5O. The summed E-state index contributed by atoms with van der Waals surface area (Å²) in [5, 5.41) is 5.96. The van der Waals surface area contributed by atoms with Gasteiger partial charge in [0, 0.05) is 19.1 Å². The van der Waals surface area contributed by atoms with Crippen molar-refractivity contribution in [2.24, 2.45) is 0 Å². The number of likely N-dealkylation sites (tertiary alicyclic amines) is 1. The summed E-state index contributed by atoms with van der Waals surface area (Å²) in [6, 6.07) is 0.443. The Kier molecular flexibility index (Phi) is 4.68. The fourth-order valence-corrected chi connectivity index (χ4v) is 2.26. The van der Waals surface area contributed by atoms with Gasteiger partial charge in [0.15, 0.2) is 0 Å². The van der Waals surface area contributed by atoms with Crippen molar-refractivity contribution in [3.63, 3.8) is 0 Å². The van der Waals surface area contributed by atoms with Crippen LogP contribution in [-0.4, -0.2) is 53.5 Å². The summed E-state index contributed by atoms with van der Waals surface area (Å²) >= 11 is 0. The predicted molar refractivity (Wildman–Crippen MR) is 74.2 cm³/mol. The van der Waals surface area contributed by atoms with Gasteiger partial charge in [-0.05, 0) is 33.4 Å². The Labute approximate surface area is 113 Å². The highest BCUT2D eigenvalue weighted by molar-refractivity contribution is 5.92. The van der Waals surface area contributed by atoms with Gasteiger partial charge in [-0.3, -0.25) is 4.79 Å². The first-order chi connectivity index (χ1) is 9.20. The Balaban J connectivity index is 1.85. The van der Waals surface area contributed by atoms with E-state index in [0.29, 0.717) is 24.1 Å². The lowest BCUT2D eigenvalue weighted by Crippen LogP contribution is -2.38. The summed E-state index contributed by atoms with van der Waals surface area (Å²) in [5.41, 5.74) is 0.363. The maximum atomic E-state index is 11.9. The smallest absolute Gasteiger partial charge is 0.271 e. The van der Waals surface area contributed by atoms with E-state index in [4.69, 9.17) is 0 Å². The van der Waals surface area contributed by atoms with Gasteiger partial charge in [0.2, 0.25) is 0 Å². The lowest BCUT2D eigenvalue weighted by molar-refractivity contribution is 0.0938. The van der Waals surface area contributed by atoms with Crippen molar-refractivity contribution < 1.29 is 4.79 Å². The van der Waals surface area contributed by atoms with Crippen LogP contribution in [0.2, 0.25) is 0 Å². The molecular weight excluding hydrogens is 242 g/mol. The Hall–Kier alpha value is -1.69. The average molecular weight is 263 g/mol. The summed E-state index contributed by atoms with van der Waals surface area (Å²) < 4.78 is 0. The minimum Gasteiger partial charge on any atom is -0.369 e. The predicted octanol–water partition coefficient (Wildman–Crippen LogP) is 0.732. The molecule has 6 heteroatoms. The average Bonchev–Trinajstić information content (AvgIpc) is 2.83. The zero-order valence-corrected chi connectivity index (χ0v) is 11.5. The second-order valence-electron chi connectivity index (χ2n) is 4.80. The SMILES string of the molecule is CCNc1cnc(C(=O)NCC2CCCN2C)cn1. The Morgan fingerprint density at radius 2 is 2.32 bits per heavy atom. The molecule has 19 heavy (non-hydrogen) atoms. The molecule has 1 aromatic rings. The van der Waals surface area contributed by atoms with Crippen LogP contribution >= 0.6 is 0 Å². The van der Waals surface area contributed by atoms with E-state index in [1.165, 1.54) is 12.6 Å². The van der Waals surface area contributed by atoms with Gasteiger partial charge >= 0.3 is 0 Å². The molecule has 0 aromatic carbocycles. The summed E-state index contributed by atoms with van der Waals surface area (Å²) in [4.78, 5) is 22.5. The zero-order chi connectivity index (χ0) is 13.7. The molecule has 1 aliphatic rings. The number of rotatable bonds is 5. The number of hydrogen-bond acceptors (Lipinski definition) is 5. The second kappa shape index (κ2) is 6.47. The highest BCUT2D eigenvalue weighted by Gasteiger charge is 2.21. The number of nitrogens with one attached hydrogen (secondary N) is 2. The highest BCUT2D eigenvalue weighted by atomic mass is 16.1. The van der Waals surface area contributed by atoms with E-state index in [1.807, 2.05) is 6.92 Å². The van der Waals surface area contributed by atoms with Gasteiger partial charge in [0.1, 0.15) is 11.5 Å². The third kappa shape index (κ3) is 3.64. The quantitative estimate of drug-likeness (QED) is 0.819. The van der Waals surface area contributed by atoms with Gasteiger partial charge in [0.25, 0.3) is 5.91 Å². The van der Waals surface area contributed by atoms with E-state index in [1.54, 1.807) is 6.20 Å². The maximum Gasteiger partial charge on any atom is 0.271 e. The van der Waals surface area contributed by atoms with Crippen LogP contribution in [0.3, 0.4) is 0 Å². The fraction of sp³-hybridized carbons (Fsp3) is 0.615. The first kappa shape index (κ1) is 13.7. The summed E-state index contributed by atoms with van der Waals surface area (Å²) in [5.74, 6) is 0.533. The van der Waals surface area contributed by atoms with Crippen LogP contribution in [0.5, 0.6) is 0 Å². The second-order valence-corrected chi connectivity index (χ2v) is 4.80. The van der Waals surface area contributed by atoms with Crippen molar-refractivity contribution in [3.05, 3.63) is 18.1 Å². The molecule has 104 valence electrons. The van der Waals surface area contributed by atoms with Crippen LogP contribution in [0.15, 0.2) is 12.4 Å². The molecule has 1 amide bonds. The third-order valence-electron chi connectivity index (χ3n) is 3.41.